The highest BCUT2D eigenvalue weighted by atomic mass is 19.4. The maximum absolute atomic E-state index is 12.2. The Morgan fingerprint density at radius 2 is 2.00 bits per heavy atom. The van der Waals surface area contributed by atoms with Crippen LogP contribution in [0.1, 0.15) is 10.5 Å². The van der Waals surface area contributed by atoms with Crippen LogP contribution in [0, 0.1) is 0 Å². The van der Waals surface area contributed by atoms with Crippen LogP contribution in [0.2, 0.25) is 0 Å². The second-order valence-corrected chi connectivity index (χ2v) is 3.93. The van der Waals surface area contributed by atoms with E-state index in [9.17, 15) is 22.8 Å². The van der Waals surface area contributed by atoms with Crippen molar-refractivity contribution in [2.75, 3.05) is 0 Å². The van der Waals surface area contributed by atoms with Crippen molar-refractivity contribution in [1.82, 2.24) is 19.6 Å². The van der Waals surface area contributed by atoms with Crippen molar-refractivity contribution >= 4 is 5.78 Å². The minimum absolute atomic E-state index is 0.127. The number of hydrogen-bond acceptors (Lipinski definition) is 4. The Morgan fingerprint density at radius 3 is 2.65 bits per heavy atom. The van der Waals surface area contributed by atoms with Gasteiger partial charge in [-0.1, -0.05) is 11.3 Å². The highest BCUT2D eigenvalue weighted by Gasteiger charge is 2.41. The Balaban J connectivity index is 2.06. The van der Waals surface area contributed by atoms with Gasteiger partial charge in [0.1, 0.15) is 0 Å². The van der Waals surface area contributed by atoms with E-state index in [-0.39, 0.29) is 18.6 Å². The van der Waals surface area contributed by atoms with Crippen LogP contribution < -0.4 is 5.56 Å². The summed E-state index contributed by atoms with van der Waals surface area (Å²) in [5, 5.41) is 6.60. The summed E-state index contributed by atoms with van der Waals surface area (Å²) in [5.74, 6) is -2.04. The van der Waals surface area contributed by atoms with Gasteiger partial charge in [-0.2, -0.15) is 13.2 Å². The number of carbonyl (C=O) groups is 1. The van der Waals surface area contributed by atoms with E-state index < -0.39 is 17.7 Å². The number of pyridine rings is 1. The van der Waals surface area contributed by atoms with E-state index in [1.807, 2.05) is 0 Å². The van der Waals surface area contributed by atoms with E-state index in [4.69, 9.17) is 0 Å². The molecule has 2 rings (SSSR count). The summed E-state index contributed by atoms with van der Waals surface area (Å²) in [4.78, 5) is 22.3. The molecule has 20 heavy (non-hydrogen) atoms. The van der Waals surface area contributed by atoms with Crippen LogP contribution in [-0.2, 0) is 13.1 Å². The molecule has 0 N–H and O–H groups in total. The molecule has 2 aromatic heterocycles. The molecule has 0 aliphatic rings. The van der Waals surface area contributed by atoms with E-state index in [0.717, 1.165) is 10.9 Å². The molecule has 0 saturated carbocycles. The Labute approximate surface area is 110 Å². The number of carbonyl (C=O) groups excluding carboxylic acids is 1. The van der Waals surface area contributed by atoms with E-state index in [2.05, 4.69) is 10.3 Å². The van der Waals surface area contributed by atoms with Crippen LogP contribution in [0.5, 0.6) is 0 Å². The van der Waals surface area contributed by atoms with E-state index >= 15 is 0 Å². The zero-order chi connectivity index (χ0) is 14.8. The van der Waals surface area contributed by atoms with Gasteiger partial charge in [0.2, 0.25) is 0 Å². The molecule has 6 nitrogen and oxygen atoms in total. The highest BCUT2D eigenvalue weighted by molar-refractivity contribution is 5.98. The number of ketones is 1. The van der Waals surface area contributed by atoms with Gasteiger partial charge in [0.05, 0.1) is 12.7 Å². The smallest absolute Gasteiger partial charge is 0.314 e. The lowest BCUT2D eigenvalue weighted by Crippen LogP contribution is -2.23. The van der Waals surface area contributed by atoms with Gasteiger partial charge in [0.15, 0.2) is 5.69 Å². The molecule has 0 aliphatic heterocycles. The number of alkyl halides is 3. The molecular formula is C11H9F3N4O2. The van der Waals surface area contributed by atoms with Gasteiger partial charge in [-0.25, -0.2) is 4.68 Å². The minimum atomic E-state index is -4.97. The molecule has 0 amide bonds. The lowest BCUT2D eigenvalue weighted by Gasteiger charge is -2.04. The second-order valence-electron chi connectivity index (χ2n) is 3.93. The third kappa shape index (κ3) is 3.11. The molecule has 0 radical (unpaired) electrons. The van der Waals surface area contributed by atoms with Crippen LogP contribution >= 0.6 is 0 Å². The number of hydrogen-bond donors (Lipinski definition) is 0. The molecule has 0 unspecified atom stereocenters. The predicted molar refractivity (Wildman–Crippen MR) is 61.1 cm³/mol. The Kier molecular flexibility index (Phi) is 3.68. The molecule has 0 spiro atoms. The number of aryl methyl sites for hydroxylation is 2. The minimum Gasteiger partial charge on any atom is -0.314 e. The van der Waals surface area contributed by atoms with Gasteiger partial charge in [-0.3, -0.25) is 9.59 Å². The van der Waals surface area contributed by atoms with Gasteiger partial charge in [0.25, 0.3) is 11.3 Å². The first-order valence-corrected chi connectivity index (χ1v) is 5.55. The third-order valence-corrected chi connectivity index (χ3v) is 2.50. The summed E-state index contributed by atoms with van der Waals surface area (Å²) in [6, 6.07) is 4.59. The van der Waals surface area contributed by atoms with Crippen molar-refractivity contribution in [1.29, 1.82) is 0 Å². The number of rotatable bonds is 4. The van der Waals surface area contributed by atoms with Crippen LogP contribution in [0.15, 0.2) is 35.4 Å². The summed E-state index contributed by atoms with van der Waals surface area (Å²) < 4.78 is 39.0. The summed E-state index contributed by atoms with van der Waals surface area (Å²) >= 11 is 0. The van der Waals surface area contributed by atoms with Crippen molar-refractivity contribution in [3.05, 3.63) is 46.6 Å². The first-order valence-electron chi connectivity index (χ1n) is 5.55. The first-order chi connectivity index (χ1) is 9.38. The van der Waals surface area contributed by atoms with Crippen LogP contribution in [-0.4, -0.2) is 31.5 Å². The molecule has 0 atom stereocenters. The van der Waals surface area contributed by atoms with Crippen molar-refractivity contribution in [3.8, 4) is 0 Å². The van der Waals surface area contributed by atoms with Crippen molar-refractivity contribution < 1.29 is 18.0 Å². The predicted octanol–water partition coefficient (Wildman–Crippen LogP) is 0.885. The molecule has 106 valence electrons. The topological polar surface area (TPSA) is 69.8 Å². The van der Waals surface area contributed by atoms with Gasteiger partial charge in [0, 0.05) is 18.8 Å². The maximum atomic E-state index is 12.2. The fourth-order valence-corrected chi connectivity index (χ4v) is 1.51. The summed E-state index contributed by atoms with van der Waals surface area (Å²) in [6.45, 7) is 0.338. The van der Waals surface area contributed by atoms with Crippen molar-refractivity contribution in [2.45, 2.75) is 19.3 Å². The SMILES string of the molecule is O=C(c1cn(CCn2ccccc2=O)nn1)C(F)(F)F. The monoisotopic (exact) mass is 286 g/mol. The van der Waals surface area contributed by atoms with E-state index in [1.54, 1.807) is 18.3 Å². The maximum Gasteiger partial charge on any atom is 0.456 e. The third-order valence-electron chi connectivity index (χ3n) is 2.50. The van der Waals surface area contributed by atoms with Gasteiger partial charge in [-0.05, 0) is 6.07 Å². The first kappa shape index (κ1) is 14.0. The molecule has 0 aliphatic carbocycles. The van der Waals surface area contributed by atoms with Gasteiger partial charge in [-0.15, -0.1) is 5.10 Å². The molecule has 0 fully saturated rings. The van der Waals surface area contributed by atoms with Crippen molar-refractivity contribution in [2.24, 2.45) is 0 Å². The molecule has 2 heterocycles. The standard InChI is InChI=1S/C11H9F3N4O2/c12-11(13,14)10(20)8-7-18(16-15-8)6-5-17-4-2-1-3-9(17)19/h1-4,7H,5-6H2. The number of halogens is 3. The number of aromatic nitrogens is 4. The Bertz CT molecular complexity index is 675. The number of nitrogens with zero attached hydrogens (tertiary/aromatic N) is 4. The number of Topliss-reactive ketones (excluding diaryl/α,β-unsaturated/α-hetero) is 1. The van der Waals surface area contributed by atoms with Crippen LogP contribution in [0.25, 0.3) is 0 Å². The summed E-state index contributed by atoms with van der Waals surface area (Å²) in [7, 11) is 0. The molecular weight excluding hydrogens is 277 g/mol. The van der Waals surface area contributed by atoms with Crippen LogP contribution in [0.3, 0.4) is 0 Å². The zero-order valence-corrected chi connectivity index (χ0v) is 10.0. The molecule has 0 bridgehead atoms. The van der Waals surface area contributed by atoms with Gasteiger partial charge < -0.3 is 4.57 Å². The zero-order valence-electron chi connectivity index (χ0n) is 10.0. The fourth-order valence-electron chi connectivity index (χ4n) is 1.51. The molecule has 0 saturated heterocycles. The fraction of sp³-hybridized carbons (Fsp3) is 0.273. The Morgan fingerprint density at radius 1 is 1.25 bits per heavy atom. The Hall–Kier alpha value is -2.45. The van der Waals surface area contributed by atoms with E-state index in [1.165, 1.54) is 10.6 Å². The van der Waals surface area contributed by atoms with Crippen molar-refractivity contribution in [3.63, 3.8) is 0 Å². The second kappa shape index (κ2) is 5.27. The summed E-state index contributed by atoms with van der Waals surface area (Å²) in [5.41, 5.74) is -1.00. The summed E-state index contributed by atoms with van der Waals surface area (Å²) in [6.07, 6.45) is -2.53. The normalized spacial score (nSPS) is 11.6. The largest absolute Gasteiger partial charge is 0.456 e. The lowest BCUT2D eigenvalue weighted by molar-refractivity contribution is -0.0888. The van der Waals surface area contributed by atoms with Gasteiger partial charge >= 0.3 is 6.18 Å². The highest BCUT2D eigenvalue weighted by Crippen LogP contribution is 2.19. The van der Waals surface area contributed by atoms with Crippen LogP contribution in [0.4, 0.5) is 13.2 Å². The lowest BCUT2D eigenvalue weighted by atomic mass is 10.3. The van der Waals surface area contributed by atoms with E-state index in [0.29, 0.717) is 0 Å². The molecule has 0 aromatic carbocycles. The average molecular weight is 286 g/mol. The average Bonchev–Trinajstić information content (AvgIpc) is 2.84. The molecule has 2 aromatic rings. The molecule has 9 heteroatoms. The quantitative estimate of drug-likeness (QED) is 0.782.